The van der Waals surface area contributed by atoms with E-state index in [-0.39, 0.29) is 0 Å². The number of anilines is 1. The number of hydrogen-bond acceptors (Lipinski definition) is 5. The van der Waals surface area contributed by atoms with Gasteiger partial charge in [0, 0.05) is 11.9 Å². The second-order valence-electron chi connectivity index (χ2n) is 3.11. The molecule has 0 aliphatic rings. The van der Waals surface area contributed by atoms with Gasteiger partial charge in [-0.05, 0) is 19.1 Å². The van der Waals surface area contributed by atoms with E-state index >= 15 is 0 Å². The molecule has 0 radical (unpaired) electrons. The zero-order valence-electron chi connectivity index (χ0n) is 8.77. The lowest BCUT2D eigenvalue weighted by Gasteiger charge is -2.05. The average molecular weight is 230 g/mol. The Morgan fingerprint density at radius 3 is 2.94 bits per heavy atom. The van der Waals surface area contributed by atoms with Crippen LogP contribution in [0.3, 0.4) is 0 Å². The lowest BCUT2D eigenvalue weighted by molar-refractivity contribution is 1.15. The SMILES string of the molecule is CCNc1nc(-c2cscn2)ccc1C#N. The Morgan fingerprint density at radius 2 is 2.31 bits per heavy atom. The van der Waals surface area contributed by atoms with Crippen molar-refractivity contribution in [3.8, 4) is 17.5 Å². The summed E-state index contributed by atoms with van der Waals surface area (Å²) in [6.45, 7) is 2.71. The van der Waals surface area contributed by atoms with Gasteiger partial charge in [-0.25, -0.2) is 9.97 Å². The largest absolute Gasteiger partial charge is 0.369 e. The maximum atomic E-state index is 8.92. The molecular weight excluding hydrogens is 220 g/mol. The molecule has 16 heavy (non-hydrogen) atoms. The zero-order valence-corrected chi connectivity index (χ0v) is 9.58. The minimum absolute atomic E-state index is 0.556. The molecule has 2 aromatic rings. The number of nitriles is 1. The van der Waals surface area contributed by atoms with Gasteiger partial charge < -0.3 is 5.32 Å². The maximum absolute atomic E-state index is 8.92. The van der Waals surface area contributed by atoms with Gasteiger partial charge >= 0.3 is 0 Å². The van der Waals surface area contributed by atoms with Crippen molar-refractivity contribution in [3.05, 3.63) is 28.6 Å². The Hall–Kier alpha value is -1.93. The Kier molecular flexibility index (Phi) is 3.13. The van der Waals surface area contributed by atoms with E-state index in [9.17, 15) is 0 Å². The summed E-state index contributed by atoms with van der Waals surface area (Å²) >= 11 is 1.53. The molecule has 0 aromatic carbocycles. The van der Waals surface area contributed by atoms with Crippen LogP contribution in [0, 0.1) is 11.3 Å². The molecule has 2 heterocycles. The number of nitrogens with one attached hydrogen (secondary N) is 1. The average Bonchev–Trinajstić information content (AvgIpc) is 2.83. The third kappa shape index (κ3) is 2.02. The normalized spacial score (nSPS) is 9.75. The van der Waals surface area contributed by atoms with Crippen molar-refractivity contribution in [2.45, 2.75) is 6.92 Å². The molecular formula is C11H10N4S. The second-order valence-corrected chi connectivity index (χ2v) is 3.83. The van der Waals surface area contributed by atoms with E-state index in [1.165, 1.54) is 11.3 Å². The molecule has 0 fully saturated rings. The highest BCUT2D eigenvalue weighted by Crippen LogP contribution is 2.21. The van der Waals surface area contributed by atoms with Crippen molar-refractivity contribution < 1.29 is 0 Å². The van der Waals surface area contributed by atoms with E-state index in [1.54, 1.807) is 11.6 Å². The number of rotatable bonds is 3. The lowest BCUT2D eigenvalue weighted by Crippen LogP contribution is -2.02. The molecule has 5 heteroatoms. The van der Waals surface area contributed by atoms with Gasteiger partial charge in [-0.1, -0.05) is 0 Å². The van der Waals surface area contributed by atoms with Crippen LogP contribution in [-0.2, 0) is 0 Å². The summed E-state index contributed by atoms with van der Waals surface area (Å²) in [7, 11) is 0. The summed E-state index contributed by atoms with van der Waals surface area (Å²) in [6, 6.07) is 5.69. The summed E-state index contributed by atoms with van der Waals surface area (Å²) in [5, 5.41) is 13.9. The van der Waals surface area contributed by atoms with Gasteiger partial charge in [0.05, 0.1) is 22.5 Å². The Morgan fingerprint density at radius 1 is 1.44 bits per heavy atom. The Balaban J connectivity index is 2.44. The highest BCUT2D eigenvalue weighted by atomic mass is 32.1. The van der Waals surface area contributed by atoms with Crippen LogP contribution in [0.5, 0.6) is 0 Å². The predicted octanol–water partition coefficient (Wildman–Crippen LogP) is 2.51. The Labute approximate surface area is 97.6 Å². The molecule has 0 spiro atoms. The zero-order chi connectivity index (χ0) is 11.4. The van der Waals surface area contributed by atoms with Crippen LogP contribution >= 0.6 is 11.3 Å². The molecule has 2 rings (SSSR count). The first-order chi connectivity index (χ1) is 7.85. The van der Waals surface area contributed by atoms with Crippen molar-refractivity contribution in [1.29, 1.82) is 5.26 Å². The fourth-order valence-corrected chi connectivity index (χ4v) is 1.88. The van der Waals surface area contributed by atoms with E-state index in [0.717, 1.165) is 17.9 Å². The summed E-state index contributed by atoms with van der Waals surface area (Å²) in [6.07, 6.45) is 0. The van der Waals surface area contributed by atoms with Gasteiger partial charge in [-0.3, -0.25) is 0 Å². The van der Waals surface area contributed by atoms with Crippen LogP contribution in [0.2, 0.25) is 0 Å². The highest BCUT2D eigenvalue weighted by Gasteiger charge is 2.07. The van der Waals surface area contributed by atoms with Crippen molar-refractivity contribution in [1.82, 2.24) is 9.97 Å². The summed E-state index contributed by atoms with van der Waals surface area (Å²) in [5.41, 5.74) is 3.95. The molecule has 0 bridgehead atoms. The summed E-state index contributed by atoms with van der Waals surface area (Å²) in [5.74, 6) is 0.621. The third-order valence-electron chi connectivity index (χ3n) is 2.05. The summed E-state index contributed by atoms with van der Waals surface area (Å²) < 4.78 is 0. The Bertz CT molecular complexity index is 513. The monoisotopic (exact) mass is 230 g/mol. The van der Waals surface area contributed by atoms with Crippen molar-refractivity contribution >= 4 is 17.2 Å². The fourth-order valence-electron chi connectivity index (χ4n) is 1.33. The van der Waals surface area contributed by atoms with Gasteiger partial charge in [0.1, 0.15) is 11.9 Å². The van der Waals surface area contributed by atoms with Gasteiger partial charge in [0.15, 0.2) is 0 Å². The molecule has 0 saturated carbocycles. The van der Waals surface area contributed by atoms with Crippen molar-refractivity contribution in [2.75, 3.05) is 11.9 Å². The molecule has 0 aliphatic heterocycles. The lowest BCUT2D eigenvalue weighted by atomic mass is 10.2. The third-order valence-corrected chi connectivity index (χ3v) is 2.64. The molecule has 0 amide bonds. The van der Waals surface area contributed by atoms with E-state index in [2.05, 4.69) is 21.4 Å². The van der Waals surface area contributed by atoms with Crippen LogP contribution in [0.1, 0.15) is 12.5 Å². The predicted molar refractivity (Wildman–Crippen MR) is 64.2 cm³/mol. The molecule has 2 aromatic heterocycles. The number of hydrogen-bond donors (Lipinski definition) is 1. The molecule has 1 N–H and O–H groups in total. The van der Waals surface area contributed by atoms with E-state index in [0.29, 0.717) is 11.4 Å². The maximum Gasteiger partial charge on any atom is 0.144 e. The van der Waals surface area contributed by atoms with Gasteiger partial charge in [-0.15, -0.1) is 11.3 Å². The van der Waals surface area contributed by atoms with Crippen LogP contribution in [0.4, 0.5) is 5.82 Å². The minimum atomic E-state index is 0.556. The first-order valence-corrected chi connectivity index (χ1v) is 5.83. The molecule has 0 atom stereocenters. The first-order valence-electron chi connectivity index (χ1n) is 4.88. The molecule has 0 aliphatic carbocycles. The second kappa shape index (κ2) is 4.73. The van der Waals surface area contributed by atoms with Crippen molar-refractivity contribution in [2.24, 2.45) is 0 Å². The first kappa shape index (κ1) is 10.6. The number of thiazole rings is 1. The summed E-state index contributed by atoms with van der Waals surface area (Å²) in [4.78, 5) is 8.57. The van der Waals surface area contributed by atoms with Crippen LogP contribution in [0.15, 0.2) is 23.0 Å². The van der Waals surface area contributed by atoms with Gasteiger partial charge in [0.25, 0.3) is 0 Å². The van der Waals surface area contributed by atoms with Crippen LogP contribution in [0.25, 0.3) is 11.4 Å². The minimum Gasteiger partial charge on any atom is -0.369 e. The number of pyridine rings is 1. The van der Waals surface area contributed by atoms with E-state index in [4.69, 9.17) is 5.26 Å². The van der Waals surface area contributed by atoms with E-state index in [1.807, 2.05) is 18.4 Å². The molecule has 80 valence electrons. The molecule has 0 unspecified atom stereocenters. The van der Waals surface area contributed by atoms with Crippen LogP contribution in [-0.4, -0.2) is 16.5 Å². The standard InChI is InChI=1S/C11H10N4S/c1-2-13-11-8(5-12)3-4-9(15-11)10-6-16-7-14-10/h3-4,6-7H,2H2,1H3,(H,13,15). The molecule has 4 nitrogen and oxygen atoms in total. The fraction of sp³-hybridized carbons (Fsp3) is 0.182. The number of aromatic nitrogens is 2. The smallest absolute Gasteiger partial charge is 0.144 e. The number of nitrogens with zero attached hydrogens (tertiary/aromatic N) is 3. The van der Waals surface area contributed by atoms with Crippen LogP contribution < -0.4 is 5.32 Å². The van der Waals surface area contributed by atoms with E-state index < -0.39 is 0 Å². The highest BCUT2D eigenvalue weighted by molar-refractivity contribution is 7.07. The van der Waals surface area contributed by atoms with Gasteiger partial charge in [0.2, 0.25) is 0 Å². The quantitative estimate of drug-likeness (QED) is 0.880. The van der Waals surface area contributed by atoms with Gasteiger partial charge in [-0.2, -0.15) is 5.26 Å². The van der Waals surface area contributed by atoms with Crippen molar-refractivity contribution in [3.63, 3.8) is 0 Å². The molecule has 0 saturated heterocycles. The topological polar surface area (TPSA) is 61.6 Å².